The summed E-state index contributed by atoms with van der Waals surface area (Å²) < 4.78 is 0. The van der Waals surface area contributed by atoms with E-state index < -0.39 is 23.4 Å². The first-order valence-electron chi connectivity index (χ1n) is 4.91. The van der Waals surface area contributed by atoms with Crippen LogP contribution in [-0.2, 0) is 16.0 Å². The lowest BCUT2D eigenvalue weighted by Crippen LogP contribution is -2.35. The number of hydrogen-bond donors (Lipinski definition) is 3. The number of rotatable bonds is 5. The molecular weight excluding hydrogens is 222 g/mol. The summed E-state index contributed by atoms with van der Waals surface area (Å²) in [5, 5.41) is 17.7. The minimum absolute atomic E-state index is 0.114. The number of carbonyl (C=O) groups excluding carboxylic acids is 1. The van der Waals surface area contributed by atoms with Crippen LogP contribution in [0.1, 0.15) is 5.56 Å². The van der Waals surface area contributed by atoms with E-state index in [1.54, 1.807) is 12.1 Å². The molecule has 4 N–H and O–H groups in total. The molecule has 0 aromatic heterocycles. The summed E-state index contributed by atoms with van der Waals surface area (Å²) in [7, 11) is 0. The highest BCUT2D eigenvalue weighted by molar-refractivity contribution is 6.18. The smallest absolute Gasteiger partial charge is 0.338 e. The lowest BCUT2D eigenvalue weighted by Gasteiger charge is -2.10. The van der Waals surface area contributed by atoms with Gasteiger partial charge in [-0.05, 0) is 24.1 Å². The van der Waals surface area contributed by atoms with Crippen molar-refractivity contribution in [3.63, 3.8) is 0 Å². The van der Waals surface area contributed by atoms with Crippen LogP contribution in [0.2, 0.25) is 0 Å². The standard InChI is InChI=1S/C12H13NO4/c1-7(12(16)17)11(15)10(13)6-8-2-4-9(14)5-3-8/h2-5,10,14H,1,6,13H2,(H,16,17)/t10-/m0/s1. The molecule has 5 heteroatoms. The van der Waals surface area contributed by atoms with Gasteiger partial charge in [-0.25, -0.2) is 4.79 Å². The summed E-state index contributed by atoms with van der Waals surface area (Å²) in [4.78, 5) is 22.0. The number of hydrogen-bond acceptors (Lipinski definition) is 4. The number of aromatic hydroxyl groups is 1. The number of carboxylic acids is 1. The van der Waals surface area contributed by atoms with Crippen LogP contribution in [-0.4, -0.2) is 28.0 Å². The predicted molar refractivity (Wildman–Crippen MR) is 61.6 cm³/mol. The molecule has 0 radical (unpaired) electrons. The van der Waals surface area contributed by atoms with Crippen LogP contribution in [0.4, 0.5) is 0 Å². The van der Waals surface area contributed by atoms with Gasteiger partial charge < -0.3 is 15.9 Å². The van der Waals surface area contributed by atoms with Gasteiger partial charge in [-0.1, -0.05) is 18.7 Å². The molecule has 17 heavy (non-hydrogen) atoms. The van der Waals surface area contributed by atoms with Crippen LogP contribution in [0.5, 0.6) is 5.75 Å². The van der Waals surface area contributed by atoms with Crippen molar-refractivity contribution in [2.24, 2.45) is 5.73 Å². The van der Waals surface area contributed by atoms with Crippen molar-refractivity contribution >= 4 is 11.8 Å². The molecule has 5 nitrogen and oxygen atoms in total. The fourth-order valence-electron chi connectivity index (χ4n) is 1.31. The minimum Gasteiger partial charge on any atom is -0.508 e. The Labute approximate surface area is 98.2 Å². The van der Waals surface area contributed by atoms with Gasteiger partial charge in [0.25, 0.3) is 0 Å². The van der Waals surface area contributed by atoms with Crippen molar-refractivity contribution in [3.8, 4) is 5.75 Å². The molecule has 0 aliphatic rings. The lowest BCUT2D eigenvalue weighted by molar-refractivity contribution is -0.134. The Morgan fingerprint density at radius 3 is 2.29 bits per heavy atom. The molecule has 0 spiro atoms. The first-order chi connectivity index (χ1) is 7.91. The second-order valence-electron chi connectivity index (χ2n) is 3.63. The quantitative estimate of drug-likeness (QED) is 0.391. The Hall–Kier alpha value is -2.14. The summed E-state index contributed by atoms with van der Waals surface area (Å²) in [6.07, 6.45) is 0.200. The molecule has 90 valence electrons. The van der Waals surface area contributed by atoms with Gasteiger partial charge in [-0.3, -0.25) is 4.79 Å². The zero-order valence-corrected chi connectivity index (χ0v) is 9.09. The highest BCUT2D eigenvalue weighted by Gasteiger charge is 2.21. The van der Waals surface area contributed by atoms with E-state index in [0.29, 0.717) is 0 Å². The summed E-state index contributed by atoms with van der Waals surface area (Å²) >= 11 is 0. The van der Waals surface area contributed by atoms with Crippen LogP contribution >= 0.6 is 0 Å². The molecular formula is C12H13NO4. The van der Waals surface area contributed by atoms with Gasteiger partial charge in [0, 0.05) is 0 Å². The third-order valence-electron chi connectivity index (χ3n) is 2.28. The summed E-state index contributed by atoms with van der Waals surface area (Å²) in [5.74, 6) is -1.94. The third-order valence-corrected chi connectivity index (χ3v) is 2.28. The molecule has 0 unspecified atom stereocenters. The van der Waals surface area contributed by atoms with Crippen molar-refractivity contribution < 1.29 is 19.8 Å². The second kappa shape index (κ2) is 5.27. The van der Waals surface area contributed by atoms with Gasteiger partial charge in [0.1, 0.15) is 5.75 Å². The molecule has 0 fully saturated rings. The van der Waals surface area contributed by atoms with E-state index in [0.717, 1.165) is 5.56 Å². The average molecular weight is 235 g/mol. The van der Waals surface area contributed by atoms with Gasteiger partial charge in [0.05, 0.1) is 11.6 Å². The van der Waals surface area contributed by atoms with E-state index in [2.05, 4.69) is 6.58 Å². The number of aliphatic carboxylic acids is 1. The second-order valence-corrected chi connectivity index (χ2v) is 3.63. The SMILES string of the molecule is C=C(C(=O)O)C(=O)[C@@H](N)Cc1ccc(O)cc1. The molecule has 0 amide bonds. The zero-order valence-electron chi connectivity index (χ0n) is 9.09. The molecule has 0 aliphatic heterocycles. The summed E-state index contributed by atoms with van der Waals surface area (Å²) in [5.41, 5.74) is 5.81. The Balaban J connectivity index is 2.69. The Kier molecular flexibility index (Phi) is 4.01. The fourth-order valence-corrected chi connectivity index (χ4v) is 1.31. The maximum atomic E-state index is 11.5. The summed E-state index contributed by atoms with van der Waals surface area (Å²) in [6, 6.07) is 5.23. The average Bonchev–Trinajstić information content (AvgIpc) is 2.30. The highest BCUT2D eigenvalue weighted by Crippen LogP contribution is 2.12. The van der Waals surface area contributed by atoms with E-state index in [9.17, 15) is 9.59 Å². The van der Waals surface area contributed by atoms with Crippen molar-refractivity contribution in [1.29, 1.82) is 0 Å². The van der Waals surface area contributed by atoms with E-state index in [-0.39, 0.29) is 12.2 Å². The third kappa shape index (κ3) is 3.42. The molecule has 0 bridgehead atoms. The molecule has 1 aromatic rings. The van der Waals surface area contributed by atoms with E-state index in [1.165, 1.54) is 12.1 Å². The molecule has 0 saturated carbocycles. The van der Waals surface area contributed by atoms with E-state index in [1.807, 2.05) is 0 Å². The molecule has 0 aliphatic carbocycles. The topological polar surface area (TPSA) is 101 Å². The van der Waals surface area contributed by atoms with Crippen LogP contribution in [0.15, 0.2) is 36.4 Å². The van der Waals surface area contributed by atoms with Gasteiger partial charge in [-0.2, -0.15) is 0 Å². The van der Waals surface area contributed by atoms with Crippen molar-refractivity contribution in [1.82, 2.24) is 0 Å². The van der Waals surface area contributed by atoms with Gasteiger partial charge in [0.15, 0.2) is 5.78 Å². The highest BCUT2D eigenvalue weighted by atomic mass is 16.4. The number of ketones is 1. The normalized spacial score (nSPS) is 11.8. The van der Waals surface area contributed by atoms with E-state index >= 15 is 0 Å². The van der Waals surface area contributed by atoms with Crippen LogP contribution in [0.3, 0.4) is 0 Å². The van der Waals surface area contributed by atoms with Gasteiger partial charge >= 0.3 is 5.97 Å². The number of carbonyl (C=O) groups is 2. The minimum atomic E-state index is -1.36. The Morgan fingerprint density at radius 2 is 1.82 bits per heavy atom. The monoisotopic (exact) mass is 235 g/mol. The van der Waals surface area contributed by atoms with E-state index in [4.69, 9.17) is 15.9 Å². The first kappa shape index (κ1) is 12.9. The first-order valence-corrected chi connectivity index (χ1v) is 4.91. The molecule has 1 atom stereocenters. The number of benzene rings is 1. The maximum absolute atomic E-state index is 11.5. The number of phenolic OH excluding ortho intramolecular Hbond substituents is 1. The zero-order chi connectivity index (χ0) is 13.0. The van der Waals surface area contributed by atoms with Crippen LogP contribution in [0, 0.1) is 0 Å². The van der Waals surface area contributed by atoms with Gasteiger partial charge in [-0.15, -0.1) is 0 Å². The molecule has 0 saturated heterocycles. The Bertz CT molecular complexity index is 450. The lowest BCUT2D eigenvalue weighted by atomic mass is 9.99. The van der Waals surface area contributed by atoms with Crippen LogP contribution < -0.4 is 5.73 Å². The maximum Gasteiger partial charge on any atom is 0.338 e. The van der Waals surface area contributed by atoms with Crippen molar-refractivity contribution in [3.05, 3.63) is 42.0 Å². The number of carboxylic acid groups (broad SMARTS) is 1. The van der Waals surface area contributed by atoms with Gasteiger partial charge in [0.2, 0.25) is 0 Å². The summed E-state index contributed by atoms with van der Waals surface area (Å²) in [6.45, 7) is 3.16. The molecule has 1 aromatic carbocycles. The van der Waals surface area contributed by atoms with Crippen molar-refractivity contribution in [2.75, 3.05) is 0 Å². The molecule has 0 heterocycles. The number of Topliss-reactive ketones (excluding diaryl/α,β-unsaturated/α-hetero) is 1. The Morgan fingerprint density at radius 1 is 1.29 bits per heavy atom. The largest absolute Gasteiger partial charge is 0.508 e. The van der Waals surface area contributed by atoms with Crippen molar-refractivity contribution in [2.45, 2.75) is 12.5 Å². The fraction of sp³-hybridized carbons (Fsp3) is 0.167. The number of phenols is 1. The molecule has 1 rings (SSSR count). The van der Waals surface area contributed by atoms with Crippen LogP contribution in [0.25, 0.3) is 0 Å². The number of nitrogens with two attached hydrogens (primary N) is 1. The predicted octanol–water partition coefficient (Wildman–Crippen LogP) is 0.472.